The van der Waals surface area contributed by atoms with Crippen molar-refractivity contribution in [2.24, 2.45) is 0 Å². The quantitative estimate of drug-likeness (QED) is 0.944. The molecule has 0 fully saturated rings. The molecule has 1 aliphatic rings. The highest BCUT2D eigenvalue weighted by molar-refractivity contribution is 7.13. The molecule has 4 nitrogen and oxygen atoms in total. The molecular weight excluding hydrogens is 282 g/mol. The number of aryl methyl sites for hydroxylation is 2. The van der Waals surface area contributed by atoms with Crippen molar-refractivity contribution in [3.8, 4) is 0 Å². The number of anilines is 1. The van der Waals surface area contributed by atoms with Crippen molar-refractivity contribution in [2.75, 3.05) is 18.9 Å². The molecule has 1 aliphatic carbocycles. The lowest BCUT2D eigenvalue weighted by Gasteiger charge is -2.24. The van der Waals surface area contributed by atoms with Gasteiger partial charge in [-0.3, -0.25) is 9.69 Å². The van der Waals surface area contributed by atoms with E-state index in [-0.39, 0.29) is 5.91 Å². The van der Waals surface area contributed by atoms with Gasteiger partial charge in [0, 0.05) is 11.4 Å². The summed E-state index contributed by atoms with van der Waals surface area (Å²) in [7, 11) is 2.01. The summed E-state index contributed by atoms with van der Waals surface area (Å²) < 4.78 is 0. The minimum atomic E-state index is -0.00349. The number of rotatable bonds is 4. The van der Waals surface area contributed by atoms with E-state index in [0.717, 1.165) is 18.5 Å². The fourth-order valence-corrected chi connectivity index (χ4v) is 3.60. The maximum absolute atomic E-state index is 12.1. The van der Waals surface area contributed by atoms with Crippen LogP contribution in [-0.4, -0.2) is 29.4 Å². The summed E-state index contributed by atoms with van der Waals surface area (Å²) in [6, 6.07) is 8.85. The largest absolute Gasteiger partial charge is 0.301 e. The van der Waals surface area contributed by atoms with E-state index in [2.05, 4.69) is 39.5 Å². The minimum Gasteiger partial charge on any atom is -0.301 e. The Morgan fingerprint density at radius 3 is 3.05 bits per heavy atom. The van der Waals surface area contributed by atoms with Gasteiger partial charge in [0.25, 0.3) is 0 Å². The maximum Gasteiger partial charge on any atom is 0.240 e. The molecule has 1 N–H and O–H groups in total. The third-order valence-electron chi connectivity index (χ3n) is 3.89. The van der Waals surface area contributed by atoms with Crippen molar-refractivity contribution < 1.29 is 4.79 Å². The molecule has 1 aromatic carbocycles. The summed E-state index contributed by atoms with van der Waals surface area (Å²) in [5, 5.41) is 5.48. The monoisotopic (exact) mass is 301 g/mol. The van der Waals surface area contributed by atoms with Crippen LogP contribution in [-0.2, 0) is 11.2 Å². The number of carbonyl (C=O) groups is 1. The topological polar surface area (TPSA) is 45.2 Å². The second-order valence-corrected chi connectivity index (χ2v) is 6.37. The molecule has 0 spiro atoms. The van der Waals surface area contributed by atoms with E-state index in [1.165, 1.54) is 22.5 Å². The van der Waals surface area contributed by atoms with E-state index in [1.54, 1.807) is 0 Å². The number of carbonyl (C=O) groups excluding carboxylic acids is 1. The number of fused-ring (bicyclic) bond motifs is 1. The number of aromatic nitrogens is 1. The van der Waals surface area contributed by atoms with Crippen LogP contribution in [0.15, 0.2) is 29.6 Å². The average Bonchev–Trinajstić information content (AvgIpc) is 3.04. The molecule has 0 saturated heterocycles. The van der Waals surface area contributed by atoms with E-state index in [0.29, 0.717) is 17.7 Å². The van der Waals surface area contributed by atoms with Gasteiger partial charge in [0.1, 0.15) is 0 Å². The Morgan fingerprint density at radius 2 is 2.29 bits per heavy atom. The van der Waals surface area contributed by atoms with Crippen LogP contribution in [0.3, 0.4) is 0 Å². The predicted octanol–water partition coefficient (Wildman–Crippen LogP) is 3.01. The number of benzene rings is 1. The van der Waals surface area contributed by atoms with Crippen LogP contribution >= 0.6 is 11.3 Å². The smallest absolute Gasteiger partial charge is 0.240 e. The fourth-order valence-electron chi connectivity index (χ4n) is 2.90. The predicted molar refractivity (Wildman–Crippen MR) is 85.6 cm³/mol. The normalized spacial score (nSPS) is 17.0. The maximum atomic E-state index is 12.1. The summed E-state index contributed by atoms with van der Waals surface area (Å²) in [5.74, 6) is -0.00349. The SMILES string of the molecule is Cc1csc(NC(=O)CN(C)[C@H]2CCc3ccccc32)n1. The molecular formula is C16H19N3OS. The Kier molecular flexibility index (Phi) is 4.03. The summed E-state index contributed by atoms with van der Waals surface area (Å²) in [5.41, 5.74) is 3.71. The molecule has 0 radical (unpaired) electrons. The van der Waals surface area contributed by atoms with Crippen molar-refractivity contribution in [1.82, 2.24) is 9.88 Å². The van der Waals surface area contributed by atoms with Crippen LogP contribution < -0.4 is 5.32 Å². The fraction of sp³-hybridized carbons (Fsp3) is 0.375. The van der Waals surface area contributed by atoms with E-state index in [4.69, 9.17) is 0 Å². The number of likely N-dealkylation sites (N-methyl/N-ethyl adjacent to an activating group) is 1. The zero-order chi connectivity index (χ0) is 14.8. The van der Waals surface area contributed by atoms with E-state index in [1.807, 2.05) is 19.4 Å². The lowest BCUT2D eigenvalue weighted by Crippen LogP contribution is -2.32. The highest BCUT2D eigenvalue weighted by atomic mass is 32.1. The Bertz CT molecular complexity index is 652. The number of amides is 1. The van der Waals surface area contributed by atoms with Crippen molar-refractivity contribution in [2.45, 2.75) is 25.8 Å². The molecule has 110 valence electrons. The van der Waals surface area contributed by atoms with Crippen molar-refractivity contribution in [1.29, 1.82) is 0 Å². The highest BCUT2D eigenvalue weighted by Crippen LogP contribution is 2.34. The molecule has 0 saturated carbocycles. The van der Waals surface area contributed by atoms with Crippen molar-refractivity contribution in [3.63, 3.8) is 0 Å². The molecule has 1 aromatic heterocycles. The molecule has 2 aromatic rings. The molecule has 1 amide bonds. The second-order valence-electron chi connectivity index (χ2n) is 5.51. The molecule has 1 atom stereocenters. The molecule has 0 unspecified atom stereocenters. The van der Waals surface area contributed by atoms with Crippen LogP contribution in [0, 0.1) is 6.92 Å². The van der Waals surface area contributed by atoms with Crippen LogP contribution in [0.5, 0.6) is 0 Å². The van der Waals surface area contributed by atoms with Crippen molar-refractivity contribution in [3.05, 3.63) is 46.5 Å². The van der Waals surface area contributed by atoms with Crippen LogP contribution in [0.2, 0.25) is 0 Å². The first-order valence-electron chi connectivity index (χ1n) is 7.13. The summed E-state index contributed by atoms with van der Waals surface area (Å²) in [4.78, 5) is 18.5. The molecule has 3 rings (SSSR count). The third-order valence-corrected chi connectivity index (χ3v) is 4.77. The summed E-state index contributed by atoms with van der Waals surface area (Å²) in [6.45, 7) is 2.31. The van der Waals surface area contributed by atoms with Gasteiger partial charge in [-0.2, -0.15) is 0 Å². The van der Waals surface area contributed by atoms with Gasteiger partial charge in [0.15, 0.2) is 5.13 Å². The molecule has 1 heterocycles. The summed E-state index contributed by atoms with van der Waals surface area (Å²) >= 11 is 1.46. The van der Waals surface area contributed by atoms with Gasteiger partial charge in [-0.15, -0.1) is 11.3 Å². The van der Waals surface area contributed by atoms with Crippen LogP contribution in [0.1, 0.15) is 29.3 Å². The number of nitrogens with one attached hydrogen (secondary N) is 1. The van der Waals surface area contributed by atoms with E-state index in [9.17, 15) is 4.79 Å². The lowest BCUT2D eigenvalue weighted by molar-refractivity contribution is -0.117. The van der Waals surface area contributed by atoms with Gasteiger partial charge < -0.3 is 5.32 Å². The Hall–Kier alpha value is -1.72. The van der Waals surface area contributed by atoms with Crippen molar-refractivity contribution >= 4 is 22.4 Å². The van der Waals surface area contributed by atoms with Gasteiger partial charge in [-0.25, -0.2) is 4.98 Å². The molecule has 0 bridgehead atoms. The first-order chi connectivity index (χ1) is 10.1. The zero-order valence-corrected chi connectivity index (χ0v) is 13.1. The van der Waals surface area contributed by atoms with Gasteiger partial charge in [0.05, 0.1) is 12.2 Å². The van der Waals surface area contributed by atoms with Gasteiger partial charge in [-0.1, -0.05) is 24.3 Å². The second kappa shape index (κ2) is 5.95. The highest BCUT2D eigenvalue weighted by Gasteiger charge is 2.26. The number of hydrogen-bond donors (Lipinski definition) is 1. The summed E-state index contributed by atoms with van der Waals surface area (Å²) in [6.07, 6.45) is 2.18. The molecule has 5 heteroatoms. The van der Waals surface area contributed by atoms with Gasteiger partial charge in [0.2, 0.25) is 5.91 Å². The number of thiazole rings is 1. The van der Waals surface area contributed by atoms with Crippen LogP contribution in [0.25, 0.3) is 0 Å². The number of nitrogens with zero attached hydrogens (tertiary/aromatic N) is 2. The van der Waals surface area contributed by atoms with Crippen LogP contribution in [0.4, 0.5) is 5.13 Å². The first kappa shape index (κ1) is 14.2. The average molecular weight is 301 g/mol. The van der Waals surface area contributed by atoms with Gasteiger partial charge >= 0.3 is 0 Å². The Balaban J connectivity index is 1.62. The Labute approximate surface area is 128 Å². The zero-order valence-electron chi connectivity index (χ0n) is 12.3. The minimum absolute atomic E-state index is 0.00349. The van der Waals surface area contributed by atoms with E-state index >= 15 is 0 Å². The van der Waals surface area contributed by atoms with Gasteiger partial charge in [-0.05, 0) is 37.9 Å². The molecule has 0 aliphatic heterocycles. The lowest BCUT2D eigenvalue weighted by atomic mass is 10.1. The number of hydrogen-bond acceptors (Lipinski definition) is 4. The van der Waals surface area contributed by atoms with E-state index < -0.39 is 0 Å². The standard InChI is InChI=1S/C16H19N3OS/c1-11-10-21-16(17-11)18-15(20)9-19(2)14-8-7-12-5-3-4-6-13(12)14/h3-6,10,14H,7-9H2,1-2H3,(H,17,18,20)/t14-/m0/s1. The molecule has 21 heavy (non-hydrogen) atoms. The Morgan fingerprint density at radius 1 is 1.48 bits per heavy atom. The third kappa shape index (κ3) is 3.14. The first-order valence-corrected chi connectivity index (χ1v) is 8.01.